The fraction of sp³-hybridized carbons (Fsp3) is 0.263. The molecule has 5 heteroatoms. The van der Waals surface area contributed by atoms with E-state index in [4.69, 9.17) is 16.3 Å². The first kappa shape index (κ1) is 18.0. The number of aryl methyl sites for hydroxylation is 1. The predicted molar refractivity (Wildman–Crippen MR) is 98.1 cm³/mol. The van der Waals surface area contributed by atoms with Gasteiger partial charge in [0.1, 0.15) is 5.75 Å². The van der Waals surface area contributed by atoms with Gasteiger partial charge in [-0.1, -0.05) is 24.6 Å². The average Bonchev–Trinajstić information content (AvgIpc) is 2.60. The van der Waals surface area contributed by atoms with Crippen molar-refractivity contribution in [3.05, 3.63) is 64.2 Å². The Labute approximate surface area is 147 Å². The molecule has 24 heavy (non-hydrogen) atoms. The van der Waals surface area contributed by atoms with Crippen molar-refractivity contribution < 1.29 is 9.53 Å². The Morgan fingerprint density at radius 1 is 1.17 bits per heavy atom. The Morgan fingerprint density at radius 2 is 1.83 bits per heavy atom. The molecule has 4 nitrogen and oxygen atoms in total. The highest BCUT2D eigenvalue weighted by Gasteiger charge is 2.06. The summed E-state index contributed by atoms with van der Waals surface area (Å²) in [6, 6.07) is 12.6. The molecule has 0 saturated heterocycles. The van der Waals surface area contributed by atoms with Crippen molar-refractivity contribution in [2.24, 2.45) is 5.10 Å². The van der Waals surface area contributed by atoms with Crippen LogP contribution in [0.5, 0.6) is 5.75 Å². The molecule has 0 radical (unpaired) electrons. The van der Waals surface area contributed by atoms with E-state index < -0.39 is 0 Å². The van der Waals surface area contributed by atoms with Crippen LogP contribution >= 0.6 is 11.6 Å². The Balaban J connectivity index is 2.01. The molecular formula is C19H21ClN2O2. The minimum Gasteiger partial charge on any atom is -0.494 e. The number of halogens is 1. The molecule has 0 aliphatic heterocycles. The molecule has 2 rings (SSSR count). The number of hydrogen-bond donors (Lipinski definition) is 1. The number of rotatable bonds is 6. The summed E-state index contributed by atoms with van der Waals surface area (Å²) in [5, 5.41) is 4.87. The smallest absolute Gasteiger partial charge is 0.271 e. The molecule has 0 aliphatic rings. The maximum Gasteiger partial charge on any atom is 0.271 e. The number of nitrogens with one attached hydrogen (secondary N) is 1. The summed E-state index contributed by atoms with van der Waals surface area (Å²) in [4.78, 5) is 12.1. The zero-order valence-corrected chi connectivity index (χ0v) is 14.9. The first-order valence-corrected chi connectivity index (χ1v) is 8.23. The standard InChI is InChI=1S/C19H21ClN2O2/c1-4-11-24-17-8-5-15(6-9-17)19(23)22-21-14(3)16-7-10-18(20)13(2)12-16/h5-10,12H,4,11H2,1-3H3,(H,22,23)/b21-14+. The third kappa shape index (κ3) is 4.83. The monoisotopic (exact) mass is 344 g/mol. The molecule has 1 N–H and O–H groups in total. The number of amides is 1. The first-order chi connectivity index (χ1) is 11.5. The van der Waals surface area contributed by atoms with Crippen molar-refractivity contribution >= 4 is 23.2 Å². The van der Waals surface area contributed by atoms with Gasteiger partial charge < -0.3 is 4.74 Å². The van der Waals surface area contributed by atoms with E-state index in [1.165, 1.54) is 0 Å². The zero-order chi connectivity index (χ0) is 17.5. The van der Waals surface area contributed by atoms with E-state index in [-0.39, 0.29) is 5.91 Å². The third-order valence-electron chi connectivity index (χ3n) is 3.49. The summed E-state index contributed by atoms with van der Waals surface area (Å²) in [7, 11) is 0. The second-order valence-electron chi connectivity index (χ2n) is 5.47. The minimum absolute atomic E-state index is 0.262. The Morgan fingerprint density at radius 3 is 2.46 bits per heavy atom. The molecule has 126 valence electrons. The van der Waals surface area contributed by atoms with Crippen molar-refractivity contribution in [2.75, 3.05) is 6.61 Å². The number of hydrogen-bond acceptors (Lipinski definition) is 3. The van der Waals surface area contributed by atoms with Gasteiger partial charge in [-0.15, -0.1) is 0 Å². The van der Waals surface area contributed by atoms with Crippen LogP contribution in [0.15, 0.2) is 47.6 Å². The summed E-state index contributed by atoms with van der Waals surface area (Å²) in [5.74, 6) is 0.492. The molecule has 2 aromatic carbocycles. The highest BCUT2D eigenvalue weighted by Crippen LogP contribution is 2.17. The van der Waals surface area contributed by atoms with Gasteiger partial charge in [-0.25, -0.2) is 5.43 Å². The zero-order valence-electron chi connectivity index (χ0n) is 14.1. The molecule has 0 fully saturated rings. The van der Waals surface area contributed by atoms with Gasteiger partial charge >= 0.3 is 0 Å². The van der Waals surface area contributed by atoms with E-state index >= 15 is 0 Å². The van der Waals surface area contributed by atoms with Gasteiger partial charge in [0.2, 0.25) is 0 Å². The summed E-state index contributed by atoms with van der Waals surface area (Å²) in [5.41, 5.74) is 5.70. The van der Waals surface area contributed by atoms with E-state index in [0.29, 0.717) is 22.9 Å². The van der Waals surface area contributed by atoms with Gasteiger partial charge in [-0.3, -0.25) is 4.79 Å². The van der Waals surface area contributed by atoms with Crippen LogP contribution in [0.25, 0.3) is 0 Å². The Hall–Kier alpha value is -2.33. The number of hydrazone groups is 1. The van der Waals surface area contributed by atoms with Crippen molar-refractivity contribution in [3.8, 4) is 5.75 Å². The SMILES string of the molecule is CCCOc1ccc(C(=O)N/N=C(\C)c2ccc(Cl)c(C)c2)cc1. The quantitative estimate of drug-likeness (QED) is 0.615. The molecule has 0 bridgehead atoms. The second kappa shape index (κ2) is 8.50. The van der Waals surface area contributed by atoms with Crippen LogP contribution in [0.4, 0.5) is 0 Å². The fourth-order valence-corrected chi connectivity index (χ4v) is 2.17. The first-order valence-electron chi connectivity index (χ1n) is 7.85. The second-order valence-corrected chi connectivity index (χ2v) is 5.88. The lowest BCUT2D eigenvalue weighted by molar-refractivity contribution is 0.0955. The van der Waals surface area contributed by atoms with E-state index in [1.54, 1.807) is 24.3 Å². The lowest BCUT2D eigenvalue weighted by Crippen LogP contribution is -2.19. The van der Waals surface area contributed by atoms with Crippen LogP contribution < -0.4 is 10.2 Å². The molecule has 1 amide bonds. The minimum atomic E-state index is -0.262. The summed E-state index contributed by atoms with van der Waals surface area (Å²) < 4.78 is 5.50. The molecule has 0 aliphatic carbocycles. The van der Waals surface area contributed by atoms with E-state index in [9.17, 15) is 4.79 Å². The molecule has 0 unspecified atom stereocenters. The maximum atomic E-state index is 12.1. The van der Waals surface area contributed by atoms with E-state index in [1.807, 2.05) is 39.0 Å². The van der Waals surface area contributed by atoms with Crippen molar-refractivity contribution in [3.63, 3.8) is 0 Å². The van der Waals surface area contributed by atoms with E-state index in [0.717, 1.165) is 23.3 Å². The molecule has 0 aromatic heterocycles. The van der Waals surface area contributed by atoms with Gasteiger partial charge in [0.15, 0.2) is 0 Å². The van der Waals surface area contributed by atoms with Gasteiger partial charge in [-0.2, -0.15) is 5.10 Å². The number of carbonyl (C=O) groups excluding carboxylic acids is 1. The Bertz CT molecular complexity index is 740. The number of ether oxygens (including phenoxy) is 1. The highest BCUT2D eigenvalue weighted by molar-refractivity contribution is 6.31. The number of carbonyl (C=O) groups is 1. The lowest BCUT2D eigenvalue weighted by atomic mass is 10.1. The normalized spacial score (nSPS) is 11.2. The van der Waals surface area contributed by atoms with Crippen LogP contribution in [0, 0.1) is 6.92 Å². The van der Waals surface area contributed by atoms with Gasteiger partial charge in [0.25, 0.3) is 5.91 Å². The maximum absolute atomic E-state index is 12.1. The van der Waals surface area contributed by atoms with Crippen molar-refractivity contribution in [2.45, 2.75) is 27.2 Å². The molecule has 0 spiro atoms. The topological polar surface area (TPSA) is 50.7 Å². The van der Waals surface area contributed by atoms with Crippen LogP contribution in [-0.2, 0) is 0 Å². The van der Waals surface area contributed by atoms with Crippen LogP contribution in [-0.4, -0.2) is 18.2 Å². The Kier molecular flexibility index (Phi) is 6.38. The van der Waals surface area contributed by atoms with Gasteiger partial charge in [0.05, 0.1) is 12.3 Å². The van der Waals surface area contributed by atoms with Crippen LogP contribution in [0.3, 0.4) is 0 Å². The van der Waals surface area contributed by atoms with Crippen LogP contribution in [0.1, 0.15) is 41.8 Å². The van der Waals surface area contributed by atoms with Crippen LogP contribution in [0.2, 0.25) is 5.02 Å². The number of benzene rings is 2. The largest absolute Gasteiger partial charge is 0.494 e. The lowest BCUT2D eigenvalue weighted by Gasteiger charge is -2.06. The van der Waals surface area contributed by atoms with Gasteiger partial charge in [0, 0.05) is 10.6 Å². The molecule has 2 aromatic rings. The van der Waals surface area contributed by atoms with Crippen molar-refractivity contribution in [1.82, 2.24) is 5.43 Å². The molecule has 0 heterocycles. The molecular weight excluding hydrogens is 324 g/mol. The average molecular weight is 345 g/mol. The van der Waals surface area contributed by atoms with Gasteiger partial charge in [-0.05, 0) is 67.8 Å². The fourth-order valence-electron chi connectivity index (χ4n) is 2.06. The molecule has 0 saturated carbocycles. The number of nitrogens with zero attached hydrogens (tertiary/aromatic N) is 1. The summed E-state index contributed by atoms with van der Waals surface area (Å²) in [6.45, 7) is 6.48. The highest BCUT2D eigenvalue weighted by atomic mass is 35.5. The van der Waals surface area contributed by atoms with E-state index in [2.05, 4.69) is 10.5 Å². The predicted octanol–water partition coefficient (Wildman–Crippen LogP) is 4.59. The summed E-state index contributed by atoms with van der Waals surface area (Å²) in [6.07, 6.45) is 0.945. The van der Waals surface area contributed by atoms with Crippen molar-refractivity contribution in [1.29, 1.82) is 0 Å². The molecule has 0 atom stereocenters. The summed E-state index contributed by atoms with van der Waals surface area (Å²) >= 11 is 6.02. The third-order valence-corrected chi connectivity index (χ3v) is 3.91.